The van der Waals surface area contributed by atoms with Gasteiger partial charge in [0.25, 0.3) is 0 Å². The van der Waals surface area contributed by atoms with Crippen molar-refractivity contribution in [3.63, 3.8) is 0 Å². The first-order valence-electron chi connectivity index (χ1n) is 8.60. The summed E-state index contributed by atoms with van der Waals surface area (Å²) in [6, 6.07) is 6.56. The van der Waals surface area contributed by atoms with Crippen LogP contribution in [0.4, 0.5) is 11.4 Å². The Morgan fingerprint density at radius 1 is 0.742 bits per heavy atom. The minimum Gasteiger partial charge on any atom is -0.495 e. The molecule has 2 N–H and O–H groups in total. The number of benzene rings is 2. The Kier molecular flexibility index (Phi) is 7.81. The molecular weight excluding hydrogens is 432 g/mol. The molecule has 0 aromatic heterocycles. The molecule has 0 atom stereocenters. The average Bonchev–Trinajstić information content (AvgIpc) is 2.78. The first-order chi connectivity index (χ1) is 14.7. The number of esters is 2. The second-order valence-corrected chi connectivity index (χ2v) is 6.25. The van der Waals surface area contributed by atoms with E-state index in [-0.39, 0.29) is 39.0 Å². The van der Waals surface area contributed by atoms with Crippen molar-refractivity contribution in [2.75, 3.05) is 39.1 Å². The number of rotatable bonds is 6. The van der Waals surface area contributed by atoms with E-state index in [1.54, 1.807) is 0 Å². The van der Waals surface area contributed by atoms with Gasteiger partial charge in [0.2, 0.25) is 0 Å². The molecule has 2 aromatic rings. The SMILES string of the molecule is COC(=O)c1ccc(C(=O)OC)c(NC(=O)C(=O)Nc2cc(OC)c(Cl)cc2OC)c1. The highest BCUT2D eigenvalue weighted by molar-refractivity contribution is 6.44. The Hall–Kier alpha value is -3.79. The number of nitrogens with one attached hydrogen (secondary N) is 2. The quantitative estimate of drug-likeness (QED) is 0.507. The zero-order chi connectivity index (χ0) is 23.1. The summed E-state index contributed by atoms with van der Waals surface area (Å²) in [5.41, 5.74) is -0.00651. The predicted molar refractivity (Wildman–Crippen MR) is 111 cm³/mol. The summed E-state index contributed by atoms with van der Waals surface area (Å²) >= 11 is 6.02. The highest BCUT2D eigenvalue weighted by atomic mass is 35.5. The average molecular weight is 451 g/mol. The molecular formula is C20H19ClN2O8. The summed E-state index contributed by atoms with van der Waals surface area (Å²) in [5, 5.41) is 4.90. The summed E-state index contributed by atoms with van der Waals surface area (Å²) in [6.07, 6.45) is 0. The van der Waals surface area contributed by atoms with E-state index >= 15 is 0 Å². The molecule has 0 bridgehead atoms. The molecule has 2 aromatic carbocycles. The molecule has 0 saturated heterocycles. The summed E-state index contributed by atoms with van der Waals surface area (Å²) < 4.78 is 19.5. The lowest BCUT2D eigenvalue weighted by Gasteiger charge is -2.14. The number of halogens is 1. The van der Waals surface area contributed by atoms with E-state index in [0.717, 1.165) is 7.11 Å². The van der Waals surface area contributed by atoms with Gasteiger partial charge in [-0.25, -0.2) is 9.59 Å². The van der Waals surface area contributed by atoms with Crippen LogP contribution in [0.25, 0.3) is 0 Å². The highest BCUT2D eigenvalue weighted by Gasteiger charge is 2.22. The van der Waals surface area contributed by atoms with Crippen LogP contribution in [0.5, 0.6) is 11.5 Å². The normalized spacial score (nSPS) is 9.97. The third-order valence-corrected chi connectivity index (χ3v) is 4.32. The number of anilines is 2. The maximum Gasteiger partial charge on any atom is 0.339 e. The number of carbonyl (C=O) groups is 4. The standard InChI is InChI=1S/C20H19ClN2O8/c1-28-15-9-14(16(29-2)8-12(15)21)23-18(25)17(24)22-13-7-10(19(26)30-3)5-6-11(13)20(27)31-4/h5-9H,1-4H3,(H,22,24)(H,23,25). The van der Waals surface area contributed by atoms with Gasteiger partial charge in [-0.05, 0) is 18.2 Å². The van der Waals surface area contributed by atoms with Crippen molar-refractivity contribution in [3.05, 3.63) is 46.5 Å². The molecule has 0 saturated carbocycles. The van der Waals surface area contributed by atoms with Gasteiger partial charge < -0.3 is 29.6 Å². The van der Waals surface area contributed by atoms with E-state index in [9.17, 15) is 19.2 Å². The Morgan fingerprint density at radius 3 is 1.87 bits per heavy atom. The largest absolute Gasteiger partial charge is 0.495 e. The lowest BCUT2D eigenvalue weighted by Crippen LogP contribution is -2.30. The molecule has 0 unspecified atom stereocenters. The van der Waals surface area contributed by atoms with E-state index in [1.807, 2.05) is 0 Å². The van der Waals surface area contributed by atoms with Crippen molar-refractivity contribution in [1.82, 2.24) is 0 Å². The topological polar surface area (TPSA) is 129 Å². The van der Waals surface area contributed by atoms with Gasteiger partial charge >= 0.3 is 23.8 Å². The Bertz CT molecular complexity index is 1040. The van der Waals surface area contributed by atoms with Crippen molar-refractivity contribution < 1.29 is 38.1 Å². The van der Waals surface area contributed by atoms with Gasteiger partial charge in [-0.2, -0.15) is 0 Å². The second kappa shape index (κ2) is 10.3. The first-order valence-corrected chi connectivity index (χ1v) is 8.98. The van der Waals surface area contributed by atoms with Gasteiger partial charge in [0.15, 0.2) is 0 Å². The Labute approximate surface area is 182 Å². The molecule has 0 fully saturated rings. The first kappa shape index (κ1) is 23.5. The zero-order valence-electron chi connectivity index (χ0n) is 17.0. The van der Waals surface area contributed by atoms with E-state index < -0.39 is 23.8 Å². The third-order valence-electron chi connectivity index (χ3n) is 4.02. The fourth-order valence-corrected chi connectivity index (χ4v) is 2.73. The van der Waals surface area contributed by atoms with Crippen LogP contribution in [-0.2, 0) is 19.1 Å². The van der Waals surface area contributed by atoms with Crippen molar-refractivity contribution >= 4 is 46.7 Å². The van der Waals surface area contributed by atoms with Crippen LogP contribution >= 0.6 is 11.6 Å². The summed E-state index contributed by atoms with van der Waals surface area (Å²) in [7, 11) is 5.06. The molecule has 0 aliphatic rings. The maximum atomic E-state index is 12.5. The minimum absolute atomic E-state index is 0.0509. The van der Waals surface area contributed by atoms with Crippen LogP contribution in [-0.4, -0.2) is 52.2 Å². The zero-order valence-corrected chi connectivity index (χ0v) is 17.8. The molecule has 164 valence electrons. The minimum atomic E-state index is -1.12. The van der Waals surface area contributed by atoms with E-state index in [0.29, 0.717) is 0 Å². The van der Waals surface area contributed by atoms with Crippen LogP contribution < -0.4 is 20.1 Å². The highest BCUT2D eigenvalue weighted by Crippen LogP contribution is 2.35. The lowest BCUT2D eigenvalue weighted by atomic mass is 10.1. The van der Waals surface area contributed by atoms with Crippen LogP contribution in [0.15, 0.2) is 30.3 Å². The van der Waals surface area contributed by atoms with Gasteiger partial charge in [0.05, 0.1) is 56.0 Å². The number of ether oxygens (including phenoxy) is 4. The fourth-order valence-electron chi connectivity index (χ4n) is 2.50. The van der Waals surface area contributed by atoms with Crippen LogP contribution in [0, 0.1) is 0 Å². The van der Waals surface area contributed by atoms with E-state index in [1.165, 1.54) is 51.7 Å². The molecule has 2 rings (SSSR count). The van der Waals surface area contributed by atoms with Gasteiger partial charge in [0, 0.05) is 12.1 Å². The molecule has 2 amide bonds. The van der Waals surface area contributed by atoms with Crippen LogP contribution in [0.1, 0.15) is 20.7 Å². The van der Waals surface area contributed by atoms with E-state index in [2.05, 4.69) is 20.1 Å². The van der Waals surface area contributed by atoms with Gasteiger partial charge in [0.1, 0.15) is 11.5 Å². The second-order valence-electron chi connectivity index (χ2n) is 5.84. The van der Waals surface area contributed by atoms with Crippen molar-refractivity contribution in [2.24, 2.45) is 0 Å². The van der Waals surface area contributed by atoms with Gasteiger partial charge in [-0.3, -0.25) is 9.59 Å². The monoisotopic (exact) mass is 450 g/mol. The van der Waals surface area contributed by atoms with Crippen molar-refractivity contribution in [1.29, 1.82) is 0 Å². The number of hydrogen-bond donors (Lipinski definition) is 2. The number of methoxy groups -OCH3 is 4. The molecule has 0 radical (unpaired) electrons. The molecule has 31 heavy (non-hydrogen) atoms. The molecule has 0 aliphatic heterocycles. The number of carbonyl (C=O) groups excluding carboxylic acids is 4. The molecule has 0 spiro atoms. The summed E-state index contributed by atoms with van der Waals surface area (Å²) in [6.45, 7) is 0. The summed E-state index contributed by atoms with van der Waals surface area (Å²) in [4.78, 5) is 48.6. The number of amides is 2. The van der Waals surface area contributed by atoms with Crippen LogP contribution in [0.2, 0.25) is 5.02 Å². The Balaban J connectivity index is 2.31. The number of hydrogen-bond acceptors (Lipinski definition) is 8. The van der Waals surface area contributed by atoms with Gasteiger partial charge in [-0.15, -0.1) is 0 Å². The lowest BCUT2D eigenvalue weighted by molar-refractivity contribution is -0.133. The predicted octanol–water partition coefficient (Wildman–Crippen LogP) is 2.51. The molecule has 11 heteroatoms. The van der Waals surface area contributed by atoms with Crippen molar-refractivity contribution in [3.8, 4) is 11.5 Å². The summed E-state index contributed by atoms with van der Waals surface area (Å²) in [5.74, 6) is -3.25. The van der Waals surface area contributed by atoms with E-state index in [4.69, 9.17) is 21.1 Å². The van der Waals surface area contributed by atoms with Gasteiger partial charge in [-0.1, -0.05) is 11.6 Å². The van der Waals surface area contributed by atoms with Crippen molar-refractivity contribution in [2.45, 2.75) is 0 Å². The maximum absolute atomic E-state index is 12.5. The fraction of sp³-hybridized carbons (Fsp3) is 0.200. The third kappa shape index (κ3) is 5.43. The molecule has 0 heterocycles. The van der Waals surface area contributed by atoms with Crippen LogP contribution in [0.3, 0.4) is 0 Å². The molecule has 10 nitrogen and oxygen atoms in total. The smallest absolute Gasteiger partial charge is 0.339 e. The molecule has 0 aliphatic carbocycles. The Morgan fingerprint density at radius 2 is 1.32 bits per heavy atom.